The van der Waals surface area contributed by atoms with Crippen molar-refractivity contribution in [1.82, 2.24) is 0 Å². The van der Waals surface area contributed by atoms with E-state index in [9.17, 15) is 13.2 Å². The van der Waals surface area contributed by atoms with Crippen LogP contribution in [0.5, 0.6) is 0 Å². The Bertz CT molecular complexity index is 560. The zero-order valence-corrected chi connectivity index (χ0v) is 19.2. The zero-order chi connectivity index (χ0) is 22.5. The van der Waals surface area contributed by atoms with Crippen molar-refractivity contribution >= 4 is 0 Å². The average Bonchev–Trinajstić information content (AvgIpc) is 2.64. The highest BCUT2D eigenvalue weighted by Gasteiger charge is 2.22. The molecule has 0 saturated heterocycles. The molecule has 0 N–H and O–H groups in total. The highest BCUT2D eigenvalue weighted by molar-refractivity contribution is 5.20. The first-order chi connectivity index (χ1) is 14.2. The van der Waals surface area contributed by atoms with E-state index in [-0.39, 0.29) is 24.7 Å². The molecule has 0 aliphatic heterocycles. The van der Waals surface area contributed by atoms with Crippen molar-refractivity contribution in [2.75, 3.05) is 0 Å². The van der Waals surface area contributed by atoms with Gasteiger partial charge in [0.25, 0.3) is 6.48 Å². The summed E-state index contributed by atoms with van der Waals surface area (Å²) in [6.07, 6.45) is 8.48. The van der Waals surface area contributed by atoms with Crippen LogP contribution in [-0.2, 0) is 20.6 Å². The maximum Gasteiger partial charge on any atom is 0.272 e. The molecule has 1 aromatic carbocycles. The molecule has 6 heteroatoms. The standard InChI is InChI=1S/C24H39F3O3/c1-6-7-8-9-10-11-12-13-20(30-24(28-17(2)3)29-18(4)5)14-19-15-21(25)23(27)22(26)16-19/h15-18,20,24H,6-14H2,1-5H3. The largest absolute Gasteiger partial charge is 0.327 e. The molecule has 3 nitrogen and oxygen atoms in total. The highest BCUT2D eigenvalue weighted by Crippen LogP contribution is 2.21. The Balaban J connectivity index is 2.76. The molecule has 0 aliphatic rings. The van der Waals surface area contributed by atoms with Gasteiger partial charge in [0.1, 0.15) is 0 Å². The molecule has 174 valence electrons. The van der Waals surface area contributed by atoms with Gasteiger partial charge in [-0.05, 0) is 58.2 Å². The number of hydrogen-bond acceptors (Lipinski definition) is 3. The van der Waals surface area contributed by atoms with E-state index in [4.69, 9.17) is 14.2 Å². The Hall–Kier alpha value is -1.11. The molecular weight excluding hydrogens is 393 g/mol. The Morgan fingerprint density at radius 2 is 1.23 bits per heavy atom. The van der Waals surface area contributed by atoms with Gasteiger partial charge in [-0.3, -0.25) is 0 Å². The minimum Gasteiger partial charge on any atom is -0.327 e. The van der Waals surface area contributed by atoms with E-state index < -0.39 is 23.9 Å². The Morgan fingerprint density at radius 1 is 0.733 bits per heavy atom. The summed E-state index contributed by atoms with van der Waals surface area (Å²) < 4.78 is 58.1. The summed E-state index contributed by atoms with van der Waals surface area (Å²) in [6, 6.07) is 2.06. The van der Waals surface area contributed by atoms with Crippen LogP contribution >= 0.6 is 0 Å². The maximum absolute atomic E-state index is 13.6. The molecule has 0 aromatic heterocycles. The number of unbranched alkanes of at least 4 members (excludes halogenated alkanes) is 6. The molecule has 0 spiro atoms. The van der Waals surface area contributed by atoms with Crippen LogP contribution in [0.4, 0.5) is 13.2 Å². The minimum absolute atomic E-state index is 0.103. The first-order valence-corrected chi connectivity index (χ1v) is 11.3. The fraction of sp³-hybridized carbons (Fsp3) is 0.750. The first-order valence-electron chi connectivity index (χ1n) is 11.3. The fourth-order valence-electron chi connectivity index (χ4n) is 3.23. The summed E-state index contributed by atoms with van der Waals surface area (Å²) in [7, 11) is 0. The lowest BCUT2D eigenvalue weighted by Crippen LogP contribution is -2.32. The monoisotopic (exact) mass is 432 g/mol. The number of rotatable bonds is 16. The first kappa shape index (κ1) is 26.9. The summed E-state index contributed by atoms with van der Waals surface area (Å²) >= 11 is 0. The van der Waals surface area contributed by atoms with Crippen LogP contribution in [0, 0.1) is 17.5 Å². The van der Waals surface area contributed by atoms with E-state index in [1.807, 2.05) is 27.7 Å². The Kier molecular flexibility index (Phi) is 13.3. The number of ether oxygens (including phenoxy) is 3. The molecule has 0 heterocycles. The van der Waals surface area contributed by atoms with Crippen LogP contribution < -0.4 is 0 Å². The molecule has 1 aromatic rings. The predicted molar refractivity (Wildman–Crippen MR) is 114 cm³/mol. The average molecular weight is 433 g/mol. The molecule has 1 rings (SSSR count). The third-order valence-electron chi connectivity index (χ3n) is 4.71. The van der Waals surface area contributed by atoms with Crippen LogP contribution in [-0.4, -0.2) is 24.8 Å². The zero-order valence-electron chi connectivity index (χ0n) is 19.2. The smallest absolute Gasteiger partial charge is 0.272 e. The van der Waals surface area contributed by atoms with Gasteiger partial charge >= 0.3 is 0 Å². The topological polar surface area (TPSA) is 27.7 Å². The number of halogens is 3. The van der Waals surface area contributed by atoms with Crippen LogP contribution in [0.25, 0.3) is 0 Å². The Labute approximate surface area is 180 Å². The lowest BCUT2D eigenvalue weighted by atomic mass is 10.0. The maximum atomic E-state index is 13.6. The van der Waals surface area contributed by atoms with E-state index in [2.05, 4.69) is 6.92 Å². The summed E-state index contributed by atoms with van der Waals surface area (Å²) in [5, 5.41) is 0. The van der Waals surface area contributed by atoms with Crippen molar-refractivity contribution in [3.63, 3.8) is 0 Å². The van der Waals surface area contributed by atoms with Crippen LogP contribution in [0.3, 0.4) is 0 Å². The van der Waals surface area contributed by atoms with E-state index in [0.717, 1.165) is 31.4 Å². The van der Waals surface area contributed by atoms with Gasteiger partial charge in [0.2, 0.25) is 0 Å². The van der Waals surface area contributed by atoms with Gasteiger partial charge in [-0.1, -0.05) is 51.9 Å². The van der Waals surface area contributed by atoms with E-state index in [0.29, 0.717) is 12.0 Å². The molecule has 1 atom stereocenters. The number of hydrogen-bond donors (Lipinski definition) is 0. The summed E-state index contributed by atoms with van der Waals surface area (Å²) in [4.78, 5) is 0. The summed E-state index contributed by atoms with van der Waals surface area (Å²) in [5.41, 5.74) is 0.354. The van der Waals surface area contributed by atoms with E-state index in [1.54, 1.807) is 0 Å². The van der Waals surface area contributed by atoms with Crippen molar-refractivity contribution in [3.05, 3.63) is 35.1 Å². The van der Waals surface area contributed by atoms with Gasteiger partial charge in [0, 0.05) is 0 Å². The normalized spacial score (nSPS) is 13.0. The van der Waals surface area contributed by atoms with Crippen molar-refractivity contribution in [2.24, 2.45) is 0 Å². The molecule has 0 radical (unpaired) electrons. The summed E-state index contributed by atoms with van der Waals surface area (Å²) in [6.45, 7) is 8.87. The SMILES string of the molecule is CCCCCCCCCC(Cc1cc(F)c(F)c(F)c1)OC(OC(C)C)OC(C)C. The molecule has 0 saturated carbocycles. The van der Waals surface area contributed by atoms with E-state index >= 15 is 0 Å². The van der Waals surface area contributed by atoms with Crippen LogP contribution in [0.2, 0.25) is 0 Å². The van der Waals surface area contributed by atoms with Gasteiger partial charge in [-0.15, -0.1) is 0 Å². The van der Waals surface area contributed by atoms with Gasteiger partial charge in [0.15, 0.2) is 17.5 Å². The molecule has 0 aliphatic carbocycles. The highest BCUT2D eigenvalue weighted by atomic mass is 19.2. The second-order valence-corrected chi connectivity index (χ2v) is 8.40. The lowest BCUT2D eigenvalue weighted by molar-refractivity contribution is -0.326. The molecular formula is C24H39F3O3. The minimum atomic E-state index is -1.45. The lowest BCUT2D eigenvalue weighted by Gasteiger charge is -2.28. The van der Waals surface area contributed by atoms with Crippen molar-refractivity contribution in [3.8, 4) is 0 Å². The predicted octanol–water partition coefficient (Wildman–Crippen LogP) is 7.31. The third-order valence-corrected chi connectivity index (χ3v) is 4.71. The molecule has 0 fully saturated rings. The second-order valence-electron chi connectivity index (χ2n) is 8.40. The van der Waals surface area contributed by atoms with Gasteiger partial charge < -0.3 is 14.2 Å². The van der Waals surface area contributed by atoms with Crippen LogP contribution in [0.1, 0.15) is 91.5 Å². The van der Waals surface area contributed by atoms with Crippen molar-refractivity contribution < 1.29 is 27.4 Å². The fourth-order valence-corrected chi connectivity index (χ4v) is 3.23. The van der Waals surface area contributed by atoms with Crippen molar-refractivity contribution in [2.45, 2.75) is 117 Å². The van der Waals surface area contributed by atoms with Crippen molar-refractivity contribution in [1.29, 1.82) is 0 Å². The second kappa shape index (κ2) is 14.8. The van der Waals surface area contributed by atoms with E-state index in [1.165, 1.54) is 25.7 Å². The molecule has 0 amide bonds. The third kappa shape index (κ3) is 11.3. The number of benzene rings is 1. The summed E-state index contributed by atoms with van der Waals surface area (Å²) in [5.74, 6) is -3.83. The Morgan fingerprint density at radius 3 is 1.73 bits per heavy atom. The van der Waals surface area contributed by atoms with Gasteiger partial charge in [0.05, 0.1) is 18.3 Å². The van der Waals surface area contributed by atoms with Gasteiger partial charge in [-0.25, -0.2) is 13.2 Å². The van der Waals surface area contributed by atoms with Gasteiger partial charge in [-0.2, -0.15) is 0 Å². The quantitative estimate of drug-likeness (QED) is 0.156. The van der Waals surface area contributed by atoms with Crippen LogP contribution in [0.15, 0.2) is 12.1 Å². The molecule has 30 heavy (non-hydrogen) atoms. The molecule has 0 bridgehead atoms. The molecule has 1 unspecified atom stereocenters.